The summed E-state index contributed by atoms with van der Waals surface area (Å²) in [5.74, 6) is -1.29. The number of aliphatic hydroxyl groups is 2. The van der Waals surface area contributed by atoms with E-state index < -0.39 is 56.9 Å². The predicted octanol–water partition coefficient (Wildman–Crippen LogP) is 12.7. The van der Waals surface area contributed by atoms with Crippen molar-refractivity contribution >= 4 is 26.2 Å². The summed E-state index contributed by atoms with van der Waals surface area (Å²) in [5.41, 5.74) is 2.72. The first-order chi connectivity index (χ1) is 32.2. The maximum atomic E-state index is 13.9. The topological polar surface area (TPSA) is 141 Å². The minimum atomic E-state index is -2.27. The monoisotopic (exact) mass is 952 g/mol. The Labute approximate surface area is 407 Å². The summed E-state index contributed by atoms with van der Waals surface area (Å²) in [4.78, 5) is 40.4. The van der Waals surface area contributed by atoms with Gasteiger partial charge in [-0.25, -0.2) is 0 Å². The zero-order valence-corrected chi connectivity index (χ0v) is 43.8. The number of amides is 1. The molecule has 67 heavy (non-hydrogen) atoms. The van der Waals surface area contributed by atoms with E-state index in [0.717, 1.165) is 103 Å². The third kappa shape index (κ3) is 24.8. The number of ether oxygens (including phenoxy) is 3. The second-order valence-electron chi connectivity index (χ2n) is 20.8. The van der Waals surface area contributed by atoms with Crippen molar-refractivity contribution < 1.29 is 43.2 Å². The van der Waals surface area contributed by atoms with E-state index in [4.69, 9.17) is 18.6 Å². The van der Waals surface area contributed by atoms with Gasteiger partial charge in [0, 0.05) is 12.8 Å². The van der Waals surface area contributed by atoms with Crippen LogP contribution in [0, 0.1) is 0 Å². The van der Waals surface area contributed by atoms with E-state index in [1.165, 1.54) is 49.7 Å². The third-order valence-corrected chi connectivity index (χ3v) is 18.4. The molecule has 1 heterocycles. The molecule has 11 heteroatoms. The van der Waals surface area contributed by atoms with Gasteiger partial charge in [0.25, 0.3) is 0 Å². The van der Waals surface area contributed by atoms with E-state index in [-0.39, 0.29) is 30.5 Å². The smallest absolute Gasteiger partial charge is 0.306 e. The third-order valence-electron chi connectivity index (χ3n) is 13.9. The number of esters is 2. The van der Waals surface area contributed by atoms with Crippen molar-refractivity contribution in [2.75, 3.05) is 6.61 Å². The molecule has 3 rings (SSSR count). The molecule has 0 bridgehead atoms. The first-order valence-corrected chi connectivity index (χ1v) is 29.5. The van der Waals surface area contributed by atoms with Gasteiger partial charge >= 0.3 is 11.9 Å². The summed E-state index contributed by atoms with van der Waals surface area (Å²) >= 11 is 0. The highest BCUT2D eigenvalue weighted by Gasteiger charge is 2.49. The minimum absolute atomic E-state index is 0.00126. The summed E-state index contributed by atoms with van der Waals surface area (Å²) < 4.78 is 24.2. The van der Waals surface area contributed by atoms with E-state index in [1.54, 1.807) is 0 Å². The molecule has 2 aromatic rings. The van der Waals surface area contributed by atoms with Crippen LogP contribution < -0.4 is 5.32 Å². The number of benzene rings is 2. The Kier molecular flexibility index (Phi) is 29.1. The Hall–Kier alpha value is -3.09. The Bertz CT molecular complexity index is 1600. The van der Waals surface area contributed by atoms with Crippen LogP contribution in [0.2, 0.25) is 18.1 Å². The van der Waals surface area contributed by atoms with Crippen molar-refractivity contribution in [3.8, 4) is 0 Å². The number of unbranched alkanes of at least 4 members (excludes halogenated alkanes) is 18. The second-order valence-corrected chi connectivity index (χ2v) is 25.6. The molecule has 1 fully saturated rings. The lowest BCUT2D eigenvalue weighted by atomic mass is 9.96. The molecule has 0 spiro atoms. The summed E-state index contributed by atoms with van der Waals surface area (Å²) in [5, 5.41) is 25.9. The van der Waals surface area contributed by atoms with Crippen LogP contribution in [0.15, 0.2) is 60.7 Å². The van der Waals surface area contributed by atoms with Gasteiger partial charge in [0.05, 0.1) is 13.0 Å². The highest BCUT2D eigenvalue weighted by molar-refractivity contribution is 6.74. The molecule has 1 amide bonds. The SMILES string of the molecule is CCCCCCCCCCC[C@H](CC(=O)N[C@H]1C(O)O[C@H](CO[Si](C)(C)C(C)(C)C)[C@@H](O)[C@@H]1OC(=O)CCCCCCCCc1ccccc1)OC(=O)CCCCCCCCc1ccccc1. The number of aryl methyl sites for hydroxylation is 2. The van der Waals surface area contributed by atoms with Crippen LogP contribution in [0.25, 0.3) is 0 Å². The molecule has 3 N–H and O–H groups in total. The van der Waals surface area contributed by atoms with Crippen molar-refractivity contribution in [2.45, 2.75) is 256 Å². The number of nitrogens with one attached hydrogen (secondary N) is 1. The van der Waals surface area contributed by atoms with Gasteiger partial charge < -0.3 is 34.2 Å². The number of rotatable bonds is 36. The van der Waals surface area contributed by atoms with Crippen LogP contribution in [-0.2, 0) is 45.9 Å². The standard InChI is InChI=1S/C56H93NO9Si/c1-7-8-9-10-11-12-13-20-31-40-47(64-50(59)41-32-21-16-14-18-25-34-45-36-27-23-28-37-45)43-49(58)57-52-54(53(61)48(65-55(52)62)44-63-67(5,6)56(2,3)4)66-51(60)42-33-22-17-15-19-26-35-46-38-29-24-30-39-46/h23-24,27-30,36-39,47-48,52-55,61-62H,7-22,25-26,31-35,40-44H2,1-6H3,(H,57,58)/t47-,48-,52-,53-,54-,55?/m1/s1. The fourth-order valence-corrected chi connectivity index (χ4v) is 9.58. The van der Waals surface area contributed by atoms with Gasteiger partial charge in [-0.3, -0.25) is 14.4 Å². The van der Waals surface area contributed by atoms with Crippen LogP contribution in [0.4, 0.5) is 0 Å². The van der Waals surface area contributed by atoms with Gasteiger partial charge in [-0.05, 0) is 80.6 Å². The summed E-state index contributed by atoms with van der Waals surface area (Å²) in [7, 11) is -2.27. The molecule has 1 aliphatic heterocycles. The fourth-order valence-electron chi connectivity index (χ4n) is 8.56. The fraction of sp³-hybridized carbons (Fsp3) is 0.732. The number of carbonyl (C=O) groups excluding carboxylic acids is 3. The molecule has 10 nitrogen and oxygen atoms in total. The largest absolute Gasteiger partial charge is 0.462 e. The number of carbonyl (C=O) groups is 3. The first kappa shape index (κ1) is 58.2. The molecule has 380 valence electrons. The lowest BCUT2D eigenvalue weighted by Gasteiger charge is -2.44. The zero-order valence-electron chi connectivity index (χ0n) is 42.8. The van der Waals surface area contributed by atoms with E-state index >= 15 is 0 Å². The van der Waals surface area contributed by atoms with E-state index in [2.05, 4.69) is 94.6 Å². The van der Waals surface area contributed by atoms with Crippen molar-refractivity contribution in [3.05, 3.63) is 71.8 Å². The van der Waals surface area contributed by atoms with Crippen LogP contribution >= 0.6 is 0 Å². The minimum Gasteiger partial charge on any atom is -0.462 e. The summed E-state index contributed by atoms with van der Waals surface area (Å²) in [6.45, 7) is 12.8. The highest BCUT2D eigenvalue weighted by atomic mass is 28.4. The van der Waals surface area contributed by atoms with Crippen molar-refractivity contribution in [2.24, 2.45) is 0 Å². The molecule has 0 radical (unpaired) electrons. The Morgan fingerprint density at radius 2 is 1.12 bits per heavy atom. The highest BCUT2D eigenvalue weighted by Crippen LogP contribution is 2.37. The van der Waals surface area contributed by atoms with Crippen LogP contribution in [0.1, 0.15) is 199 Å². The van der Waals surface area contributed by atoms with Gasteiger partial charge in [0.1, 0.15) is 24.4 Å². The van der Waals surface area contributed by atoms with Crippen molar-refractivity contribution in [3.63, 3.8) is 0 Å². The van der Waals surface area contributed by atoms with Crippen molar-refractivity contribution in [1.82, 2.24) is 5.32 Å². The van der Waals surface area contributed by atoms with Gasteiger partial charge in [0.2, 0.25) is 5.91 Å². The van der Waals surface area contributed by atoms with E-state index in [9.17, 15) is 24.6 Å². The van der Waals surface area contributed by atoms with E-state index in [0.29, 0.717) is 19.3 Å². The normalized spacial score (nSPS) is 19.2. The Morgan fingerprint density at radius 3 is 1.63 bits per heavy atom. The molecule has 0 saturated carbocycles. The molecule has 1 aliphatic rings. The number of hydrogen-bond acceptors (Lipinski definition) is 9. The zero-order chi connectivity index (χ0) is 48.8. The number of aliphatic hydroxyl groups excluding tert-OH is 2. The second kappa shape index (κ2) is 33.4. The van der Waals surface area contributed by atoms with Crippen LogP contribution in [0.5, 0.6) is 0 Å². The lowest BCUT2D eigenvalue weighted by Crippen LogP contribution is -2.65. The molecule has 0 aliphatic carbocycles. The van der Waals surface area contributed by atoms with Gasteiger partial charge in [-0.1, -0.05) is 191 Å². The molecule has 2 aromatic carbocycles. The van der Waals surface area contributed by atoms with E-state index in [1.807, 2.05) is 12.1 Å². The Balaban J connectivity index is 1.57. The predicted molar refractivity (Wildman–Crippen MR) is 273 cm³/mol. The molecular formula is C56H93NO9Si. The lowest BCUT2D eigenvalue weighted by molar-refractivity contribution is -0.258. The van der Waals surface area contributed by atoms with Crippen LogP contribution in [0.3, 0.4) is 0 Å². The molecule has 1 unspecified atom stereocenters. The first-order valence-electron chi connectivity index (χ1n) is 26.6. The molecule has 0 aromatic heterocycles. The van der Waals surface area contributed by atoms with Crippen molar-refractivity contribution in [1.29, 1.82) is 0 Å². The Morgan fingerprint density at radius 1 is 0.657 bits per heavy atom. The summed E-state index contributed by atoms with van der Waals surface area (Å²) in [6.07, 6.45) is 19.5. The maximum absolute atomic E-state index is 13.9. The molecule has 1 saturated heterocycles. The van der Waals surface area contributed by atoms with Gasteiger partial charge in [0.15, 0.2) is 20.7 Å². The quantitative estimate of drug-likeness (QED) is 0.0346. The summed E-state index contributed by atoms with van der Waals surface area (Å²) in [6, 6.07) is 19.8. The average molecular weight is 952 g/mol. The van der Waals surface area contributed by atoms with Gasteiger partial charge in [-0.2, -0.15) is 0 Å². The number of hydrogen-bond donors (Lipinski definition) is 3. The maximum Gasteiger partial charge on any atom is 0.306 e. The molecule has 6 atom stereocenters. The van der Waals surface area contributed by atoms with Gasteiger partial charge in [-0.15, -0.1) is 0 Å². The average Bonchev–Trinajstić information content (AvgIpc) is 3.29. The molecular weight excluding hydrogens is 859 g/mol. The van der Waals surface area contributed by atoms with Crippen LogP contribution in [-0.4, -0.2) is 79.7 Å².